The minimum absolute atomic E-state index is 0.0867. The van der Waals surface area contributed by atoms with Crippen LogP contribution < -0.4 is 0 Å². The molecular formula is C23H18F3N3O. The van der Waals surface area contributed by atoms with Crippen LogP contribution in [-0.4, -0.2) is 20.2 Å². The van der Waals surface area contributed by atoms with Crippen molar-refractivity contribution in [3.05, 3.63) is 101 Å². The predicted octanol–water partition coefficient (Wildman–Crippen LogP) is 5.46. The van der Waals surface area contributed by atoms with Crippen LogP contribution in [0.2, 0.25) is 0 Å². The summed E-state index contributed by atoms with van der Waals surface area (Å²) in [4.78, 5) is 21.7. The summed E-state index contributed by atoms with van der Waals surface area (Å²) < 4.78 is 40.7. The van der Waals surface area contributed by atoms with Crippen molar-refractivity contribution in [3.8, 4) is 0 Å². The molecule has 0 aliphatic rings. The Kier molecular flexibility index (Phi) is 5.11. The molecule has 0 saturated heterocycles. The number of benzene rings is 1. The highest BCUT2D eigenvalue weighted by Crippen LogP contribution is 2.34. The molecule has 0 amide bonds. The maximum absolute atomic E-state index is 13.1. The Morgan fingerprint density at radius 2 is 1.80 bits per heavy atom. The van der Waals surface area contributed by atoms with E-state index in [1.807, 2.05) is 13.0 Å². The zero-order chi connectivity index (χ0) is 21.3. The number of aryl methyl sites for hydroxylation is 1. The highest BCUT2D eigenvalue weighted by atomic mass is 19.4. The first-order chi connectivity index (χ1) is 14.3. The van der Waals surface area contributed by atoms with Crippen LogP contribution in [0.25, 0.3) is 5.65 Å². The Morgan fingerprint density at radius 1 is 1.03 bits per heavy atom. The molecule has 0 aliphatic heterocycles. The molecule has 0 radical (unpaired) electrons. The van der Waals surface area contributed by atoms with Crippen molar-refractivity contribution >= 4 is 11.4 Å². The van der Waals surface area contributed by atoms with Gasteiger partial charge in [-0.15, -0.1) is 0 Å². The number of pyridine rings is 2. The molecule has 0 spiro atoms. The molecule has 0 fully saturated rings. The number of rotatable bonds is 5. The SMILES string of the molecule is Cc1cccnc1[C@@H](CC(=O)c1ccc2nccn2c1)c1ccc(C(F)(F)F)cc1. The molecule has 0 unspecified atom stereocenters. The molecular weight excluding hydrogens is 391 g/mol. The van der Waals surface area contributed by atoms with Crippen LogP contribution >= 0.6 is 0 Å². The van der Waals surface area contributed by atoms with Crippen molar-refractivity contribution in [1.29, 1.82) is 0 Å². The third-order valence-electron chi connectivity index (χ3n) is 5.12. The Hall–Kier alpha value is -3.48. The molecule has 4 aromatic rings. The van der Waals surface area contributed by atoms with Crippen LogP contribution in [0.1, 0.15) is 45.1 Å². The average Bonchev–Trinajstić information content (AvgIpc) is 3.20. The molecule has 0 N–H and O–H groups in total. The van der Waals surface area contributed by atoms with Gasteiger partial charge in [0.05, 0.1) is 11.3 Å². The average molecular weight is 409 g/mol. The van der Waals surface area contributed by atoms with Gasteiger partial charge in [-0.1, -0.05) is 18.2 Å². The van der Waals surface area contributed by atoms with E-state index in [1.54, 1.807) is 47.4 Å². The van der Waals surface area contributed by atoms with Gasteiger partial charge in [0.2, 0.25) is 0 Å². The van der Waals surface area contributed by atoms with Crippen LogP contribution in [-0.2, 0) is 6.18 Å². The smallest absolute Gasteiger partial charge is 0.306 e. The molecule has 0 aliphatic carbocycles. The first kappa shape index (κ1) is 19.8. The number of hydrogen-bond acceptors (Lipinski definition) is 3. The maximum atomic E-state index is 13.1. The van der Waals surface area contributed by atoms with Gasteiger partial charge in [-0.05, 0) is 48.4 Å². The number of hydrogen-bond donors (Lipinski definition) is 0. The van der Waals surface area contributed by atoms with Crippen LogP contribution in [0, 0.1) is 6.92 Å². The second kappa shape index (κ2) is 7.74. The van der Waals surface area contributed by atoms with Crippen LogP contribution in [0.5, 0.6) is 0 Å². The van der Waals surface area contributed by atoms with E-state index in [1.165, 1.54) is 12.1 Å². The molecule has 1 aromatic carbocycles. The molecule has 152 valence electrons. The largest absolute Gasteiger partial charge is 0.416 e. The van der Waals surface area contributed by atoms with E-state index < -0.39 is 17.7 Å². The van der Waals surface area contributed by atoms with Gasteiger partial charge in [0.1, 0.15) is 5.65 Å². The Labute approximate surface area is 171 Å². The van der Waals surface area contributed by atoms with Crippen molar-refractivity contribution in [3.63, 3.8) is 0 Å². The van der Waals surface area contributed by atoms with E-state index in [4.69, 9.17) is 0 Å². The van der Waals surface area contributed by atoms with E-state index in [-0.39, 0.29) is 12.2 Å². The van der Waals surface area contributed by atoms with Crippen LogP contribution in [0.15, 0.2) is 73.3 Å². The quantitative estimate of drug-likeness (QED) is 0.411. The first-order valence-electron chi connectivity index (χ1n) is 9.37. The van der Waals surface area contributed by atoms with Crippen LogP contribution in [0.3, 0.4) is 0 Å². The Balaban J connectivity index is 1.70. The highest BCUT2D eigenvalue weighted by Gasteiger charge is 2.31. The van der Waals surface area contributed by atoms with E-state index in [0.717, 1.165) is 23.3 Å². The van der Waals surface area contributed by atoms with E-state index in [0.29, 0.717) is 16.8 Å². The number of nitrogens with zero attached hydrogens (tertiary/aromatic N) is 3. The summed E-state index contributed by atoms with van der Waals surface area (Å²) in [6.07, 6.45) is 2.41. The zero-order valence-electron chi connectivity index (χ0n) is 16.1. The number of carbonyl (C=O) groups excluding carboxylic acids is 1. The van der Waals surface area contributed by atoms with Gasteiger partial charge in [0, 0.05) is 42.7 Å². The van der Waals surface area contributed by atoms with Gasteiger partial charge in [0.15, 0.2) is 5.78 Å². The highest BCUT2D eigenvalue weighted by molar-refractivity contribution is 5.96. The number of imidazole rings is 1. The summed E-state index contributed by atoms with van der Waals surface area (Å²) in [6, 6.07) is 12.1. The van der Waals surface area contributed by atoms with Gasteiger partial charge < -0.3 is 4.40 Å². The molecule has 30 heavy (non-hydrogen) atoms. The Bertz CT molecular complexity index is 1200. The van der Waals surface area contributed by atoms with E-state index in [9.17, 15) is 18.0 Å². The first-order valence-corrected chi connectivity index (χ1v) is 9.37. The summed E-state index contributed by atoms with van der Waals surface area (Å²) in [5.41, 5.74) is 2.67. The number of alkyl halides is 3. The minimum atomic E-state index is -4.41. The third-order valence-corrected chi connectivity index (χ3v) is 5.12. The molecule has 3 heterocycles. The van der Waals surface area contributed by atoms with Crippen molar-refractivity contribution in [1.82, 2.24) is 14.4 Å². The monoisotopic (exact) mass is 409 g/mol. The fourth-order valence-electron chi connectivity index (χ4n) is 3.53. The lowest BCUT2D eigenvalue weighted by Gasteiger charge is -2.19. The summed E-state index contributed by atoms with van der Waals surface area (Å²) >= 11 is 0. The lowest BCUT2D eigenvalue weighted by Crippen LogP contribution is -2.13. The van der Waals surface area contributed by atoms with E-state index >= 15 is 0 Å². The van der Waals surface area contributed by atoms with Gasteiger partial charge in [-0.2, -0.15) is 13.2 Å². The lowest BCUT2D eigenvalue weighted by molar-refractivity contribution is -0.137. The van der Waals surface area contributed by atoms with Gasteiger partial charge >= 0.3 is 6.18 Å². The third kappa shape index (κ3) is 3.96. The summed E-state index contributed by atoms with van der Waals surface area (Å²) in [5.74, 6) is -0.583. The molecule has 0 saturated carbocycles. The second-order valence-corrected chi connectivity index (χ2v) is 7.12. The topological polar surface area (TPSA) is 47.3 Å². The molecule has 4 rings (SSSR count). The van der Waals surface area contributed by atoms with Gasteiger partial charge in [-0.25, -0.2) is 4.98 Å². The number of carbonyl (C=O) groups is 1. The van der Waals surface area contributed by atoms with Crippen LogP contribution in [0.4, 0.5) is 13.2 Å². The molecule has 4 nitrogen and oxygen atoms in total. The van der Waals surface area contributed by atoms with Crippen molar-refractivity contribution in [2.45, 2.75) is 25.4 Å². The van der Waals surface area contributed by atoms with Gasteiger partial charge in [-0.3, -0.25) is 9.78 Å². The predicted molar refractivity (Wildman–Crippen MR) is 106 cm³/mol. The fraction of sp³-hybridized carbons (Fsp3) is 0.174. The standard InChI is InChI=1S/C23H18F3N3O/c1-15-3-2-10-28-22(15)19(16-4-7-18(8-5-16)23(24,25)26)13-20(30)17-6-9-21-27-11-12-29(21)14-17/h2-12,14,19H,13H2,1H3/t19-/m0/s1. The number of Topliss-reactive ketones (excluding diaryl/α,β-unsaturated/α-hetero) is 1. The molecule has 1 atom stereocenters. The maximum Gasteiger partial charge on any atom is 0.416 e. The lowest BCUT2D eigenvalue weighted by atomic mass is 9.86. The van der Waals surface area contributed by atoms with Crippen molar-refractivity contribution in [2.75, 3.05) is 0 Å². The van der Waals surface area contributed by atoms with Gasteiger partial charge in [0.25, 0.3) is 0 Å². The molecule has 3 aromatic heterocycles. The molecule has 0 bridgehead atoms. The van der Waals surface area contributed by atoms with Crippen molar-refractivity contribution in [2.24, 2.45) is 0 Å². The summed E-state index contributed by atoms with van der Waals surface area (Å²) in [6.45, 7) is 1.88. The second-order valence-electron chi connectivity index (χ2n) is 7.12. The number of fused-ring (bicyclic) bond motifs is 1. The molecule has 7 heteroatoms. The van der Waals surface area contributed by atoms with Crippen molar-refractivity contribution < 1.29 is 18.0 Å². The normalized spacial score (nSPS) is 12.8. The zero-order valence-corrected chi connectivity index (χ0v) is 16.1. The number of aromatic nitrogens is 3. The summed E-state index contributed by atoms with van der Waals surface area (Å²) in [7, 11) is 0. The minimum Gasteiger partial charge on any atom is -0.306 e. The number of ketones is 1. The van der Waals surface area contributed by atoms with E-state index in [2.05, 4.69) is 9.97 Å². The fourth-order valence-corrected chi connectivity index (χ4v) is 3.53. The Morgan fingerprint density at radius 3 is 2.50 bits per heavy atom. The summed E-state index contributed by atoms with van der Waals surface area (Å²) in [5, 5.41) is 0. The number of halogens is 3.